The first-order chi connectivity index (χ1) is 16.0. The van der Waals surface area contributed by atoms with E-state index in [0.29, 0.717) is 17.0 Å². The van der Waals surface area contributed by atoms with Crippen LogP contribution in [0, 0.1) is 17.1 Å². The van der Waals surface area contributed by atoms with E-state index >= 15 is 4.39 Å². The van der Waals surface area contributed by atoms with E-state index in [-0.39, 0.29) is 18.0 Å². The predicted octanol–water partition coefficient (Wildman–Crippen LogP) is 3.92. The van der Waals surface area contributed by atoms with Crippen LogP contribution < -0.4 is 14.5 Å². The SMILES string of the molecule is COc1cc2ncc3c(c2cc1-c1cnn(C)c1)N(c1ccc(C#N)cc1F)C1OC1N3C. The van der Waals surface area contributed by atoms with Gasteiger partial charge in [-0.05, 0) is 24.3 Å². The fraction of sp³-hybridized carbons (Fsp3) is 0.208. The molecule has 0 radical (unpaired) electrons. The number of ether oxygens (including phenoxy) is 2. The van der Waals surface area contributed by atoms with E-state index in [1.54, 1.807) is 36.3 Å². The van der Waals surface area contributed by atoms with Crippen LogP contribution in [0.15, 0.2) is 48.9 Å². The van der Waals surface area contributed by atoms with E-state index in [0.717, 1.165) is 27.9 Å². The van der Waals surface area contributed by atoms with Crippen LogP contribution in [0.5, 0.6) is 5.75 Å². The quantitative estimate of drug-likeness (QED) is 0.445. The van der Waals surface area contributed by atoms with Crippen molar-refractivity contribution in [1.82, 2.24) is 14.8 Å². The third kappa shape index (κ3) is 2.84. The fourth-order valence-corrected chi connectivity index (χ4v) is 4.52. The Balaban J connectivity index is 1.63. The summed E-state index contributed by atoms with van der Waals surface area (Å²) in [6, 6.07) is 10.4. The highest BCUT2D eigenvalue weighted by molar-refractivity contribution is 6.04. The summed E-state index contributed by atoms with van der Waals surface area (Å²) in [7, 11) is 5.42. The number of nitrogens with zero attached hydrogens (tertiary/aromatic N) is 6. The van der Waals surface area contributed by atoms with Crippen molar-refractivity contribution < 1.29 is 13.9 Å². The number of fused-ring (bicyclic) bond motifs is 4. The number of epoxide rings is 1. The smallest absolute Gasteiger partial charge is 0.182 e. The van der Waals surface area contributed by atoms with Crippen molar-refractivity contribution in [1.29, 1.82) is 5.26 Å². The highest BCUT2D eigenvalue weighted by Gasteiger charge is 2.53. The molecule has 0 saturated carbocycles. The first-order valence-electron chi connectivity index (χ1n) is 10.4. The summed E-state index contributed by atoms with van der Waals surface area (Å²) >= 11 is 0. The molecule has 0 spiro atoms. The van der Waals surface area contributed by atoms with Crippen molar-refractivity contribution in [2.75, 3.05) is 24.0 Å². The summed E-state index contributed by atoms with van der Waals surface area (Å²) < 4.78 is 28.5. The van der Waals surface area contributed by atoms with Crippen LogP contribution in [0.4, 0.5) is 21.5 Å². The molecule has 1 saturated heterocycles. The number of aryl methyl sites for hydroxylation is 1. The second kappa shape index (κ2) is 6.92. The van der Waals surface area contributed by atoms with Gasteiger partial charge >= 0.3 is 0 Å². The molecule has 4 aromatic rings. The second-order valence-electron chi connectivity index (χ2n) is 8.14. The van der Waals surface area contributed by atoms with Gasteiger partial charge in [-0.25, -0.2) is 4.39 Å². The summed E-state index contributed by atoms with van der Waals surface area (Å²) in [5.74, 6) is 0.188. The van der Waals surface area contributed by atoms with Gasteiger partial charge < -0.3 is 19.3 Å². The molecule has 0 N–H and O–H groups in total. The molecule has 164 valence electrons. The van der Waals surface area contributed by atoms with Gasteiger partial charge in [0.2, 0.25) is 0 Å². The molecule has 1 fully saturated rings. The van der Waals surface area contributed by atoms with Gasteiger partial charge in [0.1, 0.15) is 11.6 Å². The number of methoxy groups -OCH3 is 1. The van der Waals surface area contributed by atoms with E-state index in [9.17, 15) is 0 Å². The fourth-order valence-electron chi connectivity index (χ4n) is 4.52. The number of benzene rings is 2. The minimum Gasteiger partial charge on any atom is -0.496 e. The zero-order valence-electron chi connectivity index (χ0n) is 18.2. The Morgan fingerprint density at radius 3 is 2.67 bits per heavy atom. The second-order valence-corrected chi connectivity index (χ2v) is 8.14. The Morgan fingerprint density at radius 1 is 1.12 bits per heavy atom. The molecule has 4 heterocycles. The number of nitriles is 1. The molecular weight excluding hydrogens is 423 g/mol. The number of hydrogen-bond donors (Lipinski definition) is 0. The first kappa shape index (κ1) is 19.5. The molecule has 9 heteroatoms. The molecule has 33 heavy (non-hydrogen) atoms. The Hall–Kier alpha value is -4.16. The zero-order chi connectivity index (χ0) is 22.9. The van der Waals surface area contributed by atoms with E-state index in [4.69, 9.17) is 14.7 Å². The molecule has 2 aliphatic heterocycles. The van der Waals surface area contributed by atoms with Crippen LogP contribution in [0.25, 0.3) is 22.0 Å². The molecule has 2 aromatic heterocycles. The molecule has 6 rings (SSSR count). The van der Waals surface area contributed by atoms with Crippen LogP contribution in [0.1, 0.15) is 5.56 Å². The van der Waals surface area contributed by atoms with Crippen LogP contribution in [-0.2, 0) is 11.8 Å². The number of likely N-dealkylation sites (N-methyl/N-ethyl adjacent to an activating group) is 1. The highest BCUT2D eigenvalue weighted by Crippen LogP contribution is 2.52. The van der Waals surface area contributed by atoms with Crippen molar-refractivity contribution >= 4 is 28.0 Å². The third-order valence-corrected chi connectivity index (χ3v) is 6.20. The van der Waals surface area contributed by atoms with Crippen molar-refractivity contribution in [3.63, 3.8) is 0 Å². The molecule has 0 aliphatic carbocycles. The van der Waals surface area contributed by atoms with Gasteiger partial charge in [-0.15, -0.1) is 0 Å². The van der Waals surface area contributed by atoms with Crippen molar-refractivity contribution in [3.8, 4) is 22.9 Å². The Kier molecular flexibility index (Phi) is 4.09. The lowest BCUT2D eigenvalue weighted by Gasteiger charge is -2.34. The van der Waals surface area contributed by atoms with Crippen molar-refractivity contribution in [2.24, 2.45) is 7.05 Å². The summed E-state index contributed by atoms with van der Waals surface area (Å²) in [6.07, 6.45) is 4.91. The predicted molar refractivity (Wildman–Crippen MR) is 121 cm³/mol. The van der Waals surface area contributed by atoms with Crippen LogP contribution in [-0.4, -0.2) is 41.4 Å². The minimum absolute atomic E-state index is 0.206. The molecule has 2 aliphatic rings. The molecular formula is C24H19FN6O2. The molecule has 2 atom stereocenters. The Morgan fingerprint density at radius 2 is 1.97 bits per heavy atom. The Labute approximate surface area is 189 Å². The van der Waals surface area contributed by atoms with Gasteiger partial charge in [-0.2, -0.15) is 10.4 Å². The summed E-state index contributed by atoms with van der Waals surface area (Å²) in [6.45, 7) is 0. The van der Waals surface area contributed by atoms with E-state index in [1.807, 2.05) is 48.3 Å². The van der Waals surface area contributed by atoms with Gasteiger partial charge in [0.25, 0.3) is 0 Å². The zero-order valence-corrected chi connectivity index (χ0v) is 18.2. The normalized spacial score (nSPS) is 18.6. The largest absolute Gasteiger partial charge is 0.496 e. The van der Waals surface area contributed by atoms with Gasteiger partial charge in [-0.1, -0.05) is 0 Å². The lowest BCUT2D eigenvalue weighted by Crippen LogP contribution is -2.37. The van der Waals surface area contributed by atoms with Crippen LogP contribution in [0.2, 0.25) is 0 Å². The van der Waals surface area contributed by atoms with E-state index < -0.39 is 5.82 Å². The maximum Gasteiger partial charge on any atom is 0.182 e. The minimum atomic E-state index is -0.482. The number of hydrogen-bond acceptors (Lipinski definition) is 7. The highest BCUT2D eigenvalue weighted by atomic mass is 19.1. The molecule has 8 nitrogen and oxygen atoms in total. The molecule has 0 bridgehead atoms. The van der Waals surface area contributed by atoms with Gasteiger partial charge in [-0.3, -0.25) is 9.67 Å². The van der Waals surface area contributed by atoms with Crippen molar-refractivity contribution in [3.05, 3.63) is 60.3 Å². The van der Waals surface area contributed by atoms with E-state index in [2.05, 4.69) is 10.1 Å². The van der Waals surface area contributed by atoms with Gasteiger partial charge in [0.05, 0.1) is 53.7 Å². The maximum atomic E-state index is 15.2. The molecule has 2 unspecified atom stereocenters. The standard InChI is InChI=1S/C24H19FN6O2/c1-29-12-14(10-28-29)15-7-16-18(8-21(15)32-3)27-11-20-22(16)31(24-23(33-24)30(20)2)19-5-4-13(9-26)6-17(19)25/h4-8,10-12,23-24H,1-3H3. The number of aromatic nitrogens is 3. The number of rotatable bonds is 3. The number of anilines is 3. The summed E-state index contributed by atoms with van der Waals surface area (Å²) in [4.78, 5) is 8.54. The maximum absolute atomic E-state index is 15.2. The van der Waals surface area contributed by atoms with Crippen molar-refractivity contribution in [2.45, 2.75) is 12.5 Å². The summed E-state index contributed by atoms with van der Waals surface area (Å²) in [5, 5.41) is 14.3. The monoisotopic (exact) mass is 442 g/mol. The average molecular weight is 442 g/mol. The summed E-state index contributed by atoms with van der Waals surface area (Å²) in [5.41, 5.74) is 4.70. The number of pyridine rings is 1. The van der Waals surface area contributed by atoms with Gasteiger partial charge in [0.15, 0.2) is 12.5 Å². The van der Waals surface area contributed by atoms with E-state index in [1.165, 1.54) is 6.07 Å². The third-order valence-electron chi connectivity index (χ3n) is 6.20. The van der Waals surface area contributed by atoms with Crippen LogP contribution in [0.3, 0.4) is 0 Å². The Bertz CT molecular complexity index is 1480. The first-order valence-corrected chi connectivity index (χ1v) is 10.4. The average Bonchev–Trinajstić information content (AvgIpc) is 3.51. The van der Waals surface area contributed by atoms with Crippen LogP contribution >= 0.6 is 0 Å². The topological polar surface area (TPSA) is 82.7 Å². The lowest BCUT2D eigenvalue weighted by molar-refractivity contribution is 0.374. The van der Waals surface area contributed by atoms with Gasteiger partial charge in [0, 0.05) is 42.9 Å². The molecule has 0 amide bonds. The number of halogens is 1. The molecule has 2 aromatic carbocycles. The lowest BCUT2D eigenvalue weighted by atomic mass is 10.0.